The lowest BCUT2D eigenvalue weighted by Gasteiger charge is -2.22. The fourth-order valence-electron chi connectivity index (χ4n) is 1.48. The van der Waals surface area contributed by atoms with Crippen LogP contribution in [0.3, 0.4) is 0 Å². The van der Waals surface area contributed by atoms with Gasteiger partial charge in [-0.15, -0.1) is 11.8 Å². The Kier molecular flexibility index (Phi) is 7.28. The van der Waals surface area contributed by atoms with Crippen LogP contribution in [0.15, 0.2) is 35.2 Å². The summed E-state index contributed by atoms with van der Waals surface area (Å²) in [5.41, 5.74) is 0. The summed E-state index contributed by atoms with van der Waals surface area (Å²) in [6.45, 7) is 1.86. The lowest BCUT2D eigenvalue weighted by Crippen LogP contribution is -2.37. The van der Waals surface area contributed by atoms with Gasteiger partial charge in [0.05, 0.1) is 5.75 Å². The van der Waals surface area contributed by atoms with Crippen molar-refractivity contribution in [3.05, 3.63) is 30.3 Å². The number of hydrogen-bond donors (Lipinski definition) is 1. The Labute approximate surface area is 126 Å². The molecule has 6 heteroatoms. The highest BCUT2D eigenvalue weighted by Crippen LogP contribution is 2.18. The zero-order chi connectivity index (χ0) is 14.3. The molecular weight excluding hydrogens is 298 g/mol. The van der Waals surface area contributed by atoms with Gasteiger partial charge in [0.2, 0.25) is 10.0 Å². The summed E-state index contributed by atoms with van der Waals surface area (Å²) in [6.07, 6.45) is 0.658. The Morgan fingerprint density at radius 1 is 1.32 bits per heavy atom. The second-order valence-corrected chi connectivity index (χ2v) is 8.06. The molecule has 1 aromatic rings. The van der Waals surface area contributed by atoms with Gasteiger partial charge in [0, 0.05) is 23.7 Å². The first-order valence-electron chi connectivity index (χ1n) is 6.22. The summed E-state index contributed by atoms with van der Waals surface area (Å²) in [6, 6.07) is 9.96. The first kappa shape index (κ1) is 16.9. The van der Waals surface area contributed by atoms with E-state index < -0.39 is 10.0 Å². The van der Waals surface area contributed by atoms with Gasteiger partial charge in [-0.05, 0) is 31.2 Å². The molecule has 0 aliphatic rings. The molecule has 1 unspecified atom stereocenters. The third-order valence-electron chi connectivity index (χ3n) is 2.88. The van der Waals surface area contributed by atoms with E-state index in [9.17, 15) is 8.42 Å². The van der Waals surface area contributed by atoms with Gasteiger partial charge in [0.15, 0.2) is 0 Å². The summed E-state index contributed by atoms with van der Waals surface area (Å²) in [4.78, 5) is 1.18. The molecule has 0 saturated heterocycles. The van der Waals surface area contributed by atoms with Crippen molar-refractivity contribution in [2.24, 2.45) is 0 Å². The van der Waals surface area contributed by atoms with Gasteiger partial charge in [-0.25, -0.2) is 12.7 Å². The summed E-state index contributed by atoms with van der Waals surface area (Å²) < 4.78 is 25.5. The van der Waals surface area contributed by atoms with Crippen LogP contribution in [0.4, 0.5) is 0 Å². The van der Waals surface area contributed by atoms with E-state index in [0.717, 1.165) is 5.75 Å². The zero-order valence-corrected chi connectivity index (χ0v) is 13.8. The van der Waals surface area contributed by atoms with Gasteiger partial charge >= 0.3 is 0 Å². The first-order valence-corrected chi connectivity index (χ1v) is 9.44. The third-order valence-corrected chi connectivity index (χ3v) is 6.55. The van der Waals surface area contributed by atoms with E-state index in [0.29, 0.717) is 12.2 Å². The predicted octanol–water partition coefficient (Wildman–Crippen LogP) is 2.75. The fraction of sp³-hybridized carbons (Fsp3) is 0.538. The largest absolute Gasteiger partial charge is 0.214 e. The number of sulfonamides is 1. The van der Waals surface area contributed by atoms with E-state index in [2.05, 4.69) is 12.6 Å². The van der Waals surface area contributed by atoms with Crippen LogP contribution >= 0.6 is 24.4 Å². The van der Waals surface area contributed by atoms with Crippen molar-refractivity contribution in [3.63, 3.8) is 0 Å². The minimum Gasteiger partial charge on any atom is -0.212 e. The fourth-order valence-corrected chi connectivity index (χ4v) is 4.31. The molecule has 1 rings (SSSR count). The van der Waals surface area contributed by atoms with Gasteiger partial charge < -0.3 is 0 Å². The maximum atomic E-state index is 12.0. The number of hydrogen-bond acceptors (Lipinski definition) is 4. The molecule has 1 atom stereocenters. The quantitative estimate of drug-likeness (QED) is 0.455. The topological polar surface area (TPSA) is 37.4 Å². The van der Waals surface area contributed by atoms with E-state index in [1.807, 2.05) is 37.3 Å². The van der Waals surface area contributed by atoms with E-state index in [1.165, 1.54) is 9.20 Å². The first-order chi connectivity index (χ1) is 8.97. The molecule has 0 N–H and O–H groups in total. The summed E-state index contributed by atoms with van der Waals surface area (Å²) in [5, 5.41) is 0. The minimum absolute atomic E-state index is 0.0601. The molecule has 0 heterocycles. The van der Waals surface area contributed by atoms with E-state index in [4.69, 9.17) is 0 Å². The monoisotopic (exact) mass is 319 g/mol. The molecule has 0 saturated carbocycles. The van der Waals surface area contributed by atoms with Crippen LogP contribution in [0.2, 0.25) is 0 Å². The van der Waals surface area contributed by atoms with Crippen molar-refractivity contribution < 1.29 is 8.42 Å². The van der Waals surface area contributed by atoms with Gasteiger partial charge in [-0.2, -0.15) is 12.6 Å². The Morgan fingerprint density at radius 2 is 1.95 bits per heavy atom. The lowest BCUT2D eigenvalue weighted by atomic mass is 10.4. The molecular formula is C13H21NO2S3. The second-order valence-electron chi connectivity index (χ2n) is 4.38. The maximum absolute atomic E-state index is 12.0. The molecule has 0 radical (unpaired) electrons. The average molecular weight is 320 g/mol. The Bertz CT molecular complexity index is 462. The average Bonchev–Trinajstić information content (AvgIpc) is 2.43. The maximum Gasteiger partial charge on any atom is 0.214 e. The third kappa shape index (κ3) is 5.77. The SMILES string of the molecule is CC(CS)N(C)S(=O)(=O)CCCSc1ccccc1. The molecule has 0 spiro atoms. The molecule has 19 heavy (non-hydrogen) atoms. The van der Waals surface area contributed by atoms with Crippen LogP contribution in [-0.4, -0.2) is 43.1 Å². The molecule has 108 valence electrons. The van der Waals surface area contributed by atoms with Crippen molar-refractivity contribution >= 4 is 34.4 Å². The van der Waals surface area contributed by atoms with Gasteiger partial charge in [0.25, 0.3) is 0 Å². The predicted molar refractivity (Wildman–Crippen MR) is 86.6 cm³/mol. The Morgan fingerprint density at radius 3 is 2.53 bits per heavy atom. The summed E-state index contributed by atoms with van der Waals surface area (Å²) >= 11 is 5.82. The number of rotatable bonds is 8. The van der Waals surface area contributed by atoms with Gasteiger partial charge in [0.1, 0.15) is 0 Å². The molecule has 3 nitrogen and oxygen atoms in total. The Balaban J connectivity index is 2.36. The summed E-state index contributed by atoms with van der Waals surface area (Å²) in [5.74, 6) is 1.54. The van der Waals surface area contributed by atoms with Gasteiger partial charge in [-0.1, -0.05) is 18.2 Å². The molecule has 1 aromatic carbocycles. The lowest BCUT2D eigenvalue weighted by molar-refractivity contribution is 0.415. The smallest absolute Gasteiger partial charge is 0.212 e. The van der Waals surface area contributed by atoms with Crippen LogP contribution < -0.4 is 0 Å². The van der Waals surface area contributed by atoms with Crippen molar-refractivity contribution in [2.45, 2.75) is 24.3 Å². The van der Waals surface area contributed by atoms with Crippen LogP contribution in [0.25, 0.3) is 0 Å². The molecule has 0 aliphatic heterocycles. The zero-order valence-electron chi connectivity index (χ0n) is 11.3. The number of nitrogens with zero attached hydrogens (tertiary/aromatic N) is 1. The number of thioether (sulfide) groups is 1. The van der Waals surface area contributed by atoms with Crippen molar-refractivity contribution in [2.75, 3.05) is 24.3 Å². The molecule has 0 fully saturated rings. The van der Waals surface area contributed by atoms with Crippen LogP contribution in [0, 0.1) is 0 Å². The van der Waals surface area contributed by atoms with Crippen molar-refractivity contribution in [3.8, 4) is 0 Å². The summed E-state index contributed by atoms with van der Waals surface area (Å²) in [7, 11) is -1.53. The van der Waals surface area contributed by atoms with Crippen LogP contribution in [0.1, 0.15) is 13.3 Å². The van der Waals surface area contributed by atoms with E-state index >= 15 is 0 Å². The number of benzene rings is 1. The number of thiol groups is 1. The van der Waals surface area contributed by atoms with E-state index in [-0.39, 0.29) is 11.8 Å². The second kappa shape index (κ2) is 8.19. The minimum atomic E-state index is -3.15. The molecule has 0 aromatic heterocycles. The normalized spacial score (nSPS) is 13.7. The van der Waals surface area contributed by atoms with Gasteiger partial charge in [-0.3, -0.25) is 0 Å². The molecule has 0 aliphatic carbocycles. The highest BCUT2D eigenvalue weighted by molar-refractivity contribution is 7.99. The van der Waals surface area contributed by atoms with Crippen LogP contribution in [-0.2, 0) is 10.0 Å². The molecule has 0 bridgehead atoms. The highest BCUT2D eigenvalue weighted by Gasteiger charge is 2.21. The van der Waals surface area contributed by atoms with Crippen molar-refractivity contribution in [1.29, 1.82) is 0 Å². The van der Waals surface area contributed by atoms with Crippen molar-refractivity contribution in [1.82, 2.24) is 4.31 Å². The highest BCUT2D eigenvalue weighted by atomic mass is 32.2. The van der Waals surface area contributed by atoms with Crippen LogP contribution in [0.5, 0.6) is 0 Å². The standard InChI is InChI=1S/C13H21NO2S3/c1-12(11-17)14(2)19(15,16)10-6-9-18-13-7-4-3-5-8-13/h3-5,7-8,12,17H,6,9-11H2,1-2H3. The van der Waals surface area contributed by atoms with E-state index in [1.54, 1.807) is 18.8 Å². The Hall–Kier alpha value is -0.170. The molecule has 0 amide bonds.